The first kappa shape index (κ1) is 9.96. The lowest BCUT2D eigenvalue weighted by Crippen LogP contribution is -2.43. The van der Waals surface area contributed by atoms with Crippen molar-refractivity contribution in [3.63, 3.8) is 0 Å². The third kappa shape index (κ3) is 1.67. The summed E-state index contributed by atoms with van der Waals surface area (Å²) >= 11 is 0. The number of nitrogens with one attached hydrogen (secondary N) is 1. The SMILES string of the molecule is C=CC(=O)NC(C)C1(n2cccn2)CC1. The number of aromatic nitrogens is 2. The van der Waals surface area contributed by atoms with E-state index in [9.17, 15) is 4.79 Å². The zero-order valence-corrected chi connectivity index (χ0v) is 8.81. The molecular formula is C11H15N3O. The van der Waals surface area contributed by atoms with Crippen molar-refractivity contribution in [2.24, 2.45) is 0 Å². The van der Waals surface area contributed by atoms with Crippen molar-refractivity contribution < 1.29 is 4.79 Å². The van der Waals surface area contributed by atoms with E-state index in [0.29, 0.717) is 0 Å². The number of amides is 1. The van der Waals surface area contributed by atoms with Crippen molar-refractivity contribution in [1.29, 1.82) is 0 Å². The maximum absolute atomic E-state index is 11.2. The van der Waals surface area contributed by atoms with Crippen LogP contribution in [0.15, 0.2) is 31.1 Å². The zero-order valence-electron chi connectivity index (χ0n) is 8.81. The highest BCUT2D eigenvalue weighted by Crippen LogP contribution is 2.45. The molecule has 15 heavy (non-hydrogen) atoms. The molecule has 1 aromatic heterocycles. The van der Waals surface area contributed by atoms with E-state index in [2.05, 4.69) is 17.0 Å². The van der Waals surface area contributed by atoms with Crippen LogP contribution >= 0.6 is 0 Å². The van der Waals surface area contributed by atoms with Gasteiger partial charge in [0.25, 0.3) is 0 Å². The Bertz CT molecular complexity index is 365. The van der Waals surface area contributed by atoms with Crippen LogP contribution in [0.3, 0.4) is 0 Å². The number of rotatable bonds is 4. The molecule has 4 nitrogen and oxygen atoms in total. The van der Waals surface area contributed by atoms with Crippen LogP contribution in [-0.2, 0) is 10.3 Å². The highest BCUT2D eigenvalue weighted by atomic mass is 16.1. The largest absolute Gasteiger partial charge is 0.348 e. The van der Waals surface area contributed by atoms with Gasteiger partial charge in [0.15, 0.2) is 0 Å². The van der Waals surface area contributed by atoms with Crippen LogP contribution in [-0.4, -0.2) is 21.7 Å². The van der Waals surface area contributed by atoms with Gasteiger partial charge in [0.1, 0.15) is 0 Å². The number of carbonyl (C=O) groups excluding carboxylic acids is 1. The Morgan fingerprint density at radius 1 is 1.73 bits per heavy atom. The van der Waals surface area contributed by atoms with E-state index in [1.165, 1.54) is 6.08 Å². The maximum Gasteiger partial charge on any atom is 0.243 e. The van der Waals surface area contributed by atoms with Crippen LogP contribution in [0.5, 0.6) is 0 Å². The standard InChI is InChI=1S/C11H15N3O/c1-3-10(15)13-9(2)11(5-6-11)14-8-4-7-12-14/h3-4,7-9H,1,5-6H2,2H3,(H,13,15). The molecule has 1 N–H and O–H groups in total. The average Bonchev–Trinajstić information content (AvgIpc) is 2.87. The van der Waals surface area contributed by atoms with Crippen molar-refractivity contribution in [1.82, 2.24) is 15.1 Å². The van der Waals surface area contributed by atoms with Gasteiger partial charge in [0.05, 0.1) is 11.6 Å². The van der Waals surface area contributed by atoms with Crippen LogP contribution in [0, 0.1) is 0 Å². The molecule has 0 bridgehead atoms. The fraction of sp³-hybridized carbons (Fsp3) is 0.455. The molecular weight excluding hydrogens is 190 g/mol. The predicted molar refractivity (Wildman–Crippen MR) is 57.2 cm³/mol. The summed E-state index contributed by atoms with van der Waals surface area (Å²) in [6.45, 7) is 5.45. The lowest BCUT2D eigenvalue weighted by Gasteiger charge is -2.24. The van der Waals surface area contributed by atoms with Gasteiger partial charge in [0.2, 0.25) is 5.91 Å². The summed E-state index contributed by atoms with van der Waals surface area (Å²) in [5.74, 6) is -0.124. The summed E-state index contributed by atoms with van der Waals surface area (Å²) in [5, 5.41) is 7.15. The normalized spacial score (nSPS) is 19.3. The Hall–Kier alpha value is -1.58. The first-order valence-corrected chi connectivity index (χ1v) is 5.12. The Labute approximate surface area is 89.0 Å². The van der Waals surface area contributed by atoms with Crippen LogP contribution in [0.25, 0.3) is 0 Å². The molecule has 1 aliphatic rings. The molecule has 1 saturated carbocycles. The highest BCUT2D eigenvalue weighted by molar-refractivity contribution is 5.87. The first-order valence-electron chi connectivity index (χ1n) is 5.12. The fourth-order valence-corrected chi connectivity index (χ4v) is 1.93. The van der Waals surface area contributed by atoms with Gasteiger partial charge < -0.3 is 5.32 Å². The van der Waals surface area contributed by atoms with E-state index < -0.39 is 0 Å². The van der Waals surface area contributed by atoms with E-state index in [4.69, 9.17) is 0 Å². The Kier molecular flexibility index (Phi) is 2.34. The number of nitrogens with zero attached hydrogens (tertiary/aromatic N) is 2. The third-order valence-electron chi connectivity index (χ3n) is 3.07. The summed E-state index contributed by atoms with van der Waals surface area (Å²) in [6, 6.07) is 1.99. The lowest BCUT2D eigenvalue weighted by atomic mass is 10.1. The third-order valence-corrected chi connectivity index (χ3v) is 3.07. The predicted octanol–water partition coefficient (Wildman–Crippen LogP) is 1.06. The van der Waals surface area contributed by atoms with Crippen molar-refractivity contribution in [3.05, 3.63) is 31.1 Å². The van der Waals surface area contributed by atoms with Crippen LogP contribution < -0.4 is 5.32 Å². The molecule has 1 aromatic rings. The average molecular weight is 205 g/mol. The molecule has 0 spiro atoms. The van der Waals surface area contributed by atoms with Crippen LogP contribution in [0.2, 0.25) is 0 Å². The number of hydrogen-bond acceptors (Lipinski definition) is 2. The summed E-state index contributed by atoms with van der Waals surface area (Å²) in [7, 11) is 0. The Morgan fingerprint density at radius 2 is 2.47 bits per heavy atom. The maximum atomic E-state index is 11.2. The van der Waals surface area contributed by atoms with Crippen molar-refractivity contribution >= 4 is 5.91 Å². The Morgan fingerprint density at radius 3 is 2.93 bits per heavy atom. The molecule has 1 atom stereocenters. The van der Waals surface area contributed by atoms with E-state index in [1.54, 1.807) is 6.20 Å². The minimum atomic E-state index is -0.124. The second-order valence-electron chi connectivity index (χ2n) is 3.99. The number of hydrogen-bond donors (Lipinski definition) is 1. The van der Waals surface area contributed by atoms with E-state index >= 15 is 0 Å². The van der Waals surface area contributed by atoms with Gasteiger partial charge in [-0.2, -0.15) is 5.10 Å². The van der Waals surface area contributed by atoms with Gasteiger partial charge in [-0.05, 0) is 31.9 Å². The molecule has 0 radical (unpaired) electrons. The highest BCUT2D eigenvalue weighted by Gasteiger charge is 2.50. The smallest absolute Gasteiger partial charge is 0.243 e. The second kappa shape index (κ2) is 3.53. The molecule has 1 fully saturated rings. The van der Waals surface area contributed by atoms with Gasteiger partial charge >= 0.3 is 0 Å². The zero-order chi connectivity index (χ0) is 10.9. The molecule has 0 aromatic carbocycles. The minimum Gasteiger partial charge on any atom is -0.348 e. The first-order chi connectivity index (χ1) is 7.19. The van der Waals surface area contributed by atoms with Crippen molar-refractivity contribution in [3.8, 4) is 0 Å². The number of carbonyl (C=O) groups is 1. The molecule has 80 valence electrons. The fourth-order valence-electron chi connectivity index (χ4n) is 1.93. The van der Waals surface area contributed by atoms with Crippen molar-refractivity contribution in [2.75, 3.05) is 0 Å². The van der Waals surface area contributed by atoms with Gasteiger partial charge in [-0.25, -0.2) is 0 Å². The Balaban J connectivity index is 2.10. The van der Waals surface area contributed by atoms with Gasteiger partial charge in [0, 0.05) is 12.4 Å². The monoisotopic (exact) mass is 205 g/mol. The van der Waals surface area contributed by atoms with Gasteiger partial charge in [-0.1, -0.05) is 6.58 Å². The molecule has 1 amide bonds. The van der Waals surface area contributed by atoms with E-state index in [1.807, 2.05) is 23.9 Å². The van der Waals surface area contributed by atoms with E-state index in [-0.39, 0.29) is 17.5 Å². The summed E-state index contributed by atoms with van der Waals surface area (Å²) in [4.78, 5) is 11.2. The second-order valence-corrected chi connectivity index (χ2v) is 3.99. The molecule has 0 saturated heterocycles. The molecule has 1 heterocycles. The molecule has 1 unspecified atom stereocenters. The molecule has 4 heteroatoms. The van der Waals surface area contributed by atoms with Crippen LogP contribution in [0.1, 0.15) is 19.8 Å². The quantitative estimate of drug-likeness (QED) is 0.747. The summed E-state index contributed by atoms with van der Waals surface area (Å²) in [6.07, 6.45) is 7.14. The topological polar surface area (TPSA) is 46.9 Å². The molecule has 0 aliphatic heterocycles. The lowest BCUT2D eigenvalue weighted by molar-refractivity contribution is -0.117. The minimum absolute atomic E-state index is 0.0117. The molecule has 1 aliphatic carbocycles. The van der Waals surface area contributed by atoms with Crippen molar-refractivity contribution in [2.45, 2.75) is 31.3 Å². The van der Waals surface area contributed by atoms with Crippen LogP contribution in [0.4, 0.5) is 0 Å². The van der Waals surface area contributed by atoms with E-state index in [0.717, 1.165) is 12.8 Å². The van der Waals surface area contributed by atoms with Gasteiger partial charge in [-0.3, -0.25) is 9.48 Å². The summed E-state index contributed by atoms with van der Waals surface area (Å²) in [5.41, 5.74) is -0.0117. The molecule has 2 rings (SSSR count). The van der Waals surface area contributed by atoms with Gasteiger partial charge in [-0.15, -0.1) is 0 Å². The summed E-state index contributed by atoms with van der Waals surface area (Å²) < 4.78 is 1.95.